The maximum Gasteiger partial charge on any atom is 0.274 e. The zero-order chi connectivity index (χ0) is 18.7. The molecule has 2 aromatic heterocycles. The molecule has 0 aliphatic heterocycles. The molecule has 0 radical (unpaired) electrons. The summed E-state index contributed by atoms with van der Waals surface area (Å²) in [5.41, 5.74) is 0.467. The number of carbonyl (C=O) groups excluding carboxylic acids is 1. The number of thiophene rings is 1. The number of para-hydroxylation sites is 1. The molecule has 0 fully saturated rings. The molecule has 3 rings (SSSR count). The van der Waals surface area contributed by atoms with Crippen LogP contribution in [0.15, 0.2) is 41.8 Å². The number of likely N-dealkylation sites (N-methyl/N-ethyl adjacent to an activating group) is 1. The van der Waals surface area contributed by atoms with Gasteiger partial charge in [-0.3, -0.25) is 24.6 Å². The second-order valence-corrected chi connectivity index (χ2v) is 6.89. The van der Waals surface area contributed by atoms with Gasteiger partial charge in [0.25, 0.3) is 5.69 Å². The van der Waals surface area contributed by atoms with Crippen LogP contribution in [0.4, 0.5) is 5.69 Å². The summed E-state index contributed by atoms with van der Waals surface area (Å²) >= 11 is 6.72. The first-order valence-corrected chi connectivity index (χ1v) is 8.91. The molecule has 3 aromatic rings. The molecule has 0 aliphatic carbocycles. The van der Waals surface area contributed by atoms with E-state index in [-0.39, 0.29) is 24.7 Å². The number of aromatic amines is 1. The van der Waals surface area contributed by atoms with Gasteiger partial charge in [-0.1, -0.05) is 24.3 Å². The Morgan fingerprint density at radius 2 is 2.15 bits per heavy atom. The molecular weight excluding hydrogens is 374 g/mol. The van der Waals surface area contributed by atoms with Gasteiger partial charge in [0.2, 0.25) is 5.91 Å². The minimum absolute atomic E-state index is 0.000300. The third-order valence-electron chi connectivity index (χ3n) is 3.81. The van der Waals surface area contributed by atoms with Crippen molar-refractivity contribution in [3.05, 3.63) is 62.2 Å². The van der Waals surface area contributed by atoms with Crippen molar-refractivity contribution in [1.29, 1.82) is 0 Å². The van der Waals surface area contributed by atoms with E-state index in [0.717, 1.165) is 4.88 Å². The van der Waals surface area contributed by atoms with Gasteiger partial charge < -0.3 is 4.90 Å². The summed E-state index contributed by atoms with van der Waals surface area (Å²) in [5, 5.41) is 19.9. The maximum absolute atomic E-state index is 12.6. The topological polar surface area (TPSA) is 97.1 Å². The van der Waals surface area contributed by atoms with E-state index in [1.165, 1.54) is 22.3 Å². The molecule has 0 spiro atoms. The highest BCUT2D eigenvalue weighted by molar-refractivity contribution is 7.71. The van der Waals surface area contributed by atoms with Crippen LogP contribution in [0, 0.1) is 14.9 Å². The fourth-order valence-electron chi connectivity index (χ4n) is 2.48. The Labute approximate surface area is 157 Å². The van der Waals surface area contributed by atoms with Crippen molar-refractivity contribution in [3.8, 4) is 10.7 Å². The number of hydrogen-bond donors (Lipinski definition) is 1. The smallest absolute Gasteiger partial charge is 0.274 e. The SMILES string of the molecule is CN(Cc1ccccc1[N+](=O)[O-])C(=O)Cn1c(-c2cccs2)n[nH]c1=S. The third kappa shape index (κ3) is 3.70. The lowest BCUT2D eigenvalue weighted by Gasteiger charge is -2.18. The highest BCUT2D eigenvalue weighted by Crippen LogP contribution is 2.23. The Bertz CT molecular complexity index is 993. The van der Waals surface area contributed by atoms with Crippen molar-refractivity contribution >= 4 is 35.1 Å². The molecule has 0 atom stereocenters. The molecular formula is C16H15N5O3S2. The molecule has 0 saturated carbocycles. The fourth-order valence-corrected chi connectivity index (χ4v) is 3.40. The summed E-state index contributed by atoms with van der Waals surface area (Å²) < 4.78 is 1.97. The molecule has 0 saturated heterocycles. The lowest BCUT2D eigenvalue weighted by atomic mass is 10.1. The second kappa shape index (κ2) is 7.58. The Morgan fingerprint density at radius 3 is 2.85 bits per heavy atom. The number of benzene rings is 1. The first kappa shape index (κ1) is 18.0. The van der Waals surface area contributed by atoms with Crippen molar-refractivity contribution < 1.29 is 9.72 Å². The van der Waals surface area contributed by atoms with Crippen LogP contribution in [-0.4, -0.2) is 37.5 Å². The highest BCUT2D eigenvalue weighted by atomic mass is 32.1. The van der Waals surface area contributed by atoms with Gasteiger partial charge in [0.1, 0.15) is 6.54 Å². The zero-order valence-corrected chi connectivity index (χ0v) is 15.4. The van der Waals surface area contributed by atoms with Crippen LogP contribution in [-0.2, 0) is 17.9 Å². The lowest BCUT2D eigenvalue weighted by molar-refractivity contribution is -0.385. The summed E-state index contributed by atoms with van der Waals surface area (Å²) in [6.07, 6.45) is 0. The van der Waals surface area contributed by atoms with Gasteiger partial charge in [0.05, 0.1) is 16.3 Å². The number of rotatable bonds is 6. The first-order chi connectivity index (χ1) is 12.5. The maximum atomic E-state index is 12.6. The van der Waals surface area contributed by atoms with Crippen LogP contribution in [0.5, 0.6) is 0 Å². The number of nitro benzene ring substituents is 1. The Kier molecular flexibility index (Phi) is 5.24. The summed E-state index contributed by atoms with van der Waals surface area (Å²) in [4.78, 5) is 25.6. The summed E-state index contributed by atoms with van der Waals surface area (Å²) in [7, 11) is 1.60. The Morgan fingerprint density at radius 1 is 1.38 bits per heavy atom. The second-order valence-electron chi connectivity index (χ2n) is 5.55. The number of carbonyl (C=O) groups is 1. The zero-order valence-electron chi connectivity index (χ0n) is 13.8. The number of amides is 1. The minimum atomic E-state index is -0.450. The highest BCUT2D eigenvalue weighted by Gasteiger charge is 2.19. The monoisotopic (exact) mass is 389 g/mol. The van der Waals surface area contributed by atoms with Crippen LogP contribution in [0.1, 0.15) is 5.56 Å². The summed E-state index contributed by atoms with van der Waals surface area (Å²) in [6, 6.07) is 10.2. The number of nitro groups is 1. The lowest BCUT2D eigenvalue weighted by Crippen LogP contribution is -2.30. The number of nitrogens with zero attached hydrogens (tertiary/aromatic N) is 4. The molecule has 0 aliphatic rings. The van der Waals surface area contributed by atoms with Crippen molar-refractivity contribution in [2.24, 2.45) is 0 Å². The summed E-state index contributed by atoms with van der Waals surface area (Å²) in [6.45, 7) is 0.134. The van der Waals surface area contributed by atoms with E-state index < -0.39 is 4.92 Å². The Hall–Kier alpha value is -2.85. The van der Waals surface area contributed by atoms with Gasteiger partial charge in [-0.05, 0) is 23.7 Å². The molecule has 0 unspecified atom stereocenters. The third-order valence-corrected chi connectivity index (χ3v) is 4.99. The average molecular weight is 389 g/mol. The van der Waals surface area contributed by atoms with Crippen molar-refractivity contribution in [1.82, 2.24) is 19.7 Å². The van der Waals surface area contributed by atoms with Crippen molar-refractivity contribution in [2.45, 2.75) is 13.1 Å². The quantitative estimate of drug-likeness (QED) is 0.397. The van der Waals surface area contributed by atoms with Gasteiger partial charge >= 0.3 is 0 Å². The van der Waals surface area contributed by atoms with Crippen LogP contribution in [0.3, 0.4) is 0 Å². The molecule has 26 heavy (non-hydrogen) atoms. The van der Waals surface area contributed by atoms with Gasteiger partial charge in [0, 0.05) is 18.7 Å². The largest absolute Gasteiger partial charge is 0.340 e. The fraction of sp³-hybridized carbons (Fsp3) is 0.188. The first-order valence-electron chi connectivity index (χ1n) is 7.62. The van der Waals surface area contributed by atoms with E-state index in [2.05, 4.69) is 10.2 Å². The van der Waals surface area contributed by atoms with Gasteiger partial charge in [-0.25, -0.2) is 0 Å². The number of nitrogens with one attached hydrogen (secondary N) is 1. The average Bonchev–Trinajstić information content (AvgIpc) is 3.25. The number of aromatic nitrogens is 3. The van der Waals surface area contributed by atoms with E-state index in [4.69, 9.17) is 12.2 Å². The van der Waals surface area contributed by atoms with E-state index in [1.54, 1.807) is 29.8 Å². The van der Waals surface area contributed by atoms with Crippen LogP contribution in [0.25, 0.3) is 10.7 Å². The Balaban J connectivity index is 1.78. The number of hydrogen-bond acceptors (Lipinski definition) is 6. The molecule has 8 nitrogen and oxygen atoms in total. The molecule has 1 N–H and O–H groups in total. The van der Waals surface area contributed by atoms with E-state index in [9.17, 15) is 14.9 Å². The van der Waals surface area contributed by atoms with Crippen molar-refractivity contribution in [3.63, 3.8) is 0 Å². The van der Waals surface area contributed by atoms with Gasteiger partial charge in [-0.15, -0.1) is 11.3 Å². The van der Waals surface area contributed by atoms with Crippen LogP contribution in [0.2, 0.25) is 0 Å². The van der Waals surface area contributed by atoms with E-state index in [1.807, 2.05) is 17.5 Å². The normalized spacial score (nSPS) is 10.7. The number of H-pyrrole nitrogens is 1. The predicted molar refractivity (Wildman–Crippen MR) is 100 cm³/mol. The molecule has 2 heterocycles. The molecule has 1 aromatic carbocycles. The molecule has 10 heteroatoms. The molecule has 1 amide bonds. The standard InChI is InChI=1S/C16H15N5O3S2/c1-19(9-11-5-2-3-6-12(11)21(23)24)14(22)10-20-15(17-18-16(20)25)13-7-4-8-26-13/h2-8H,9-10H2,1H3,(H,18,25). The minimum Gasteiger partial charge on any atom is -0.340 e. The van der Waals surface area contributed by atoms with Gasteiger partial charge in [0.15, 0.2) is 10.6 Å². The molecule has 0 bridgehead atoms. The summed E-state index contributed by atoms with van der Waals surface area (Å²) in [5.74, 6) is 0.371. The van der Waals surface area contributed by atoms with Crippen molar-refractivity contribution in [2.75, 3.05) is 7.05 Å². The van der Waals surface area contributed by atoms with Crippen LogP contribution >= 0.6 is 23.6 Å². The van der Waals surface area contributed by atoms with Crippen LogP contribution < -0.4 is 0 Å². The predicted octanol–water partition coefficient (Wildman–Crippen LogP) is 3.24. The van der Waals surface area contributed by atoms with E-state index >= 15 is 0 Å². The van der Waals surface area contributed by atoms with E-state index in [0.29, 0.717) is 16.2 Å². The van der Waals surface area contributed by atoms with Gasteiger partial charge in [-0.2, -0.15) is 5.10 Å². The molecule has 134 valence electrons.